The van der Waals surface area contributed by atoms with Crippen molar-refractivity contribution < 1.29 is 4.79 Å². The highest BCUT2D eigenvalue weighted by Gasteiger charge is 2.11. The Balaban J connectivity index is 1.56. The highest BCUT2D eigenvalue weighted by molar-refractivity contribution is 7.13. The highest BCUT2D eigenvalue weighted by Crippen LogP contribution is 2.30. The van der Waals surface area contributed by atoms with Crippen molar-refractivity contribution in [3.05, 3.63) is 64.3 Å². The second kappa shape index (κ2) is 8.29. The van der Waals surface area contributed by atoms with Gasteiger partial charge < -0.3 is 10.2 Å². The number of nitrogens with zero attached hydrogens (tertiary/aromatic N) is 3. The van der Waals surface area contributed by atoms with Crippen LogP contribution < -0.4 is 10.2 Å². The van der Waals surface area contributed by atoms with Crippen LogP contribution in [0, 0.1) is 0 Å². The van der Waals surface area contributed by atoms with Gasteiger partial charge in [0.15, 0.2) is 0 Å². The van der Waals surface area contributed by atoms with Crippen LogP contribution in [0.2, 0.25) is 5.02 Å². The minimum absolute atomic E-state index is 0.0716. The van der Waals surface area contributed by atoms with Crippen molar-refractivity contribution in [3.63, 3.8) is 0 Å². The average Bonchev–Trinajstić information content (AvgIpc) is 3.09. The molecule has 0 aliphatic heterocycles. The van der Waals surface area contributed by atoms with Crippen LogP contribution in [-0.4, -0.2) is 30.0 Å². The van der Waals surface area contributed by atoms with E-state index in [9.17, 15) is 4.79 Å². The number of hydrogen-bond acceptors (Lipinski definition) is 5. The average molecular weight is 387 g/mol. The molecule has 3 aromatic rings. The lowest BCUT2D eigenvalue weighted by Gasteiger charge is -2.11. The molecule has 0 saturated heterocycles. The van der Waals surface area contributed by atoms with Gasteiger partial charge in [0.05, 0.1) is 17.1 Å². The third-order valence-corrected chi connectivity index (χ3v) is 5.01. The van der Waals surface area contributed by atoms with Crippen LogP contribution >= 0.6 is 22.9 Å². The number of pyridine rings is 1. The predicted octanol–water partition coefficient (Wildman–Crippen LogP) is 3.78. The standard InChI is InChI=1S/C19H19ClN4OS/c1-24(2)17-8-7-13(10-21-17)11-22-18(25)9-14-12-26-19(23-14)15-5-3-4-6-16(15)20/h3-8,10,12H,9,11H2,1-2H3,(H,22,25). The first kappa shape index (κ1) is 18.4. The van der Waals surface area contributed by atoms with Gasteiger partial charge in [-0.05, 0) is 17.7 Å². The van der Waals surface area contributed by atoms with Crippen molar-refractivity contribution in [1.29, 1.82) is 0 Å². The van der Waals surface area contributed by atoms with E-state index in [4.69, 9.17) is 11.6 Å². The Labute approximate surface area is 161 Å². The van der Waals surface area contributed by atoms with Gasteiger partial charge in [0.1, 0.15) is 10.8 Å². The number of benzene rings is 1. The van der Waals surface area contributed by atoms with Crippen LogP contribution in [0.25, 0.3) is 10.6 Å². The third kappa shape index (κ3) is 4.59. The largest absolute Gasteiger partial charge is 0.363 e. The lowest BCUT2D eigenvalue weighted by molar-refractivity contribution is -0.120. The van der Waals surface area contributed by atoms with Crippen LogP contribution in [0.1, 0.15) is 11.3 Å². The normalized spacial score (nSPS) is 10.6. The van der Waals surface area contributed by atoms with Gasteiger partial charge in [0, 0.05) is 37.8 Å². The Hall–Kier alpha value is -2.44. The molecule has 134 valence electrons. The summed E-state index contributed by atoms with van der Waals surface area (Å²) < 4.78 is 0. The van der Waals surface area contributed by atoms with E-state index in [0.717, 1.165) is 27.6 Å². The Morgan fingerprint density at radius 1 is 1.23 bits per heavy atom. The molecule has 5 nitrogen and oxygen atoms in total. The van der Waals surface area contributed by atoms with Gasteiger partial charge in [-0.25, -0.2) is 9.97 Å². The molecule has 0 aliphatic rings. The highest BCUT2D eigenvalue weighted by atomic mass is 35.5. The van der Waals surface area contributed by atoms with E-state index in [-0.39, 0.29) is 12.3 Å². The summed E-state index contributed by atoms with van der Waals surface area (Å²) >= 11 is 7.69. The molecule has 0 saturated carbocycles. The third-order valence-electron chi connectivity index (χ3n) is 3.75. The zero-order chi connectivity index (χ0) is 18.5. The molecule has 2 heterocycles. The molecule has 1 aromatic carbocycles. The van der Waals surface area contributed by atoms with Crippen molar-refractivity contribution in [3.8, 4) is 10.6 Å². The van der Waals surface area contributed by atoms with E-state index in [1.54, 1.807) is 6.20 Å². The van der Waals surface area contributed by atoms with E-state index < -0.39 is 0 Å². The number of carbonyl (C=O) groups excluding carboxylic acids is 1. The first-order valence-electron chi connectivity index (χ1n) is 8.11. The molecule has 7 heteroatoms. The number of halogens is 1. The molecule has 1 amide bonds. The zero-order valence-electron chi connectivity index (χ0n) is 14.6. The van der Waals surface area contributed by atoms with Crippen molar-refractivity contribution in [1.82, 2.24) is 15.3 Å². The van der Waals surface area contributed by atoms with Crippen molar-refractivity contribution >= 4 is 34.7 Å². The summed E-state index contributed by atoms with van der Waals surface area (Å²) in [5.74, 6) is 0.812. The summed E-state index contributed by atoms with van der Waals surface area (Å²) in [7, 11) is 3.88. The molecule has 0 unspecified atom stereocenters. The quantitative estimate of drug-likeness (QED) is 0.700. The fourth-order valence-corrected chi connectivity index (χ4v) is 3.50. The van der Waals surface area contributed by atoms with E-state index >= 15 is 0 Å². The first-order valence-corrected chi connectivity index (χ1v) is 9.37. The number of nitrogens with one attached hydrogen (secondary N) is 1. The van der Waals surface area contributed by atoms with E-state index in [1.165, 1.54) is 11.3 Å². The Kier molecular flexibility index (Phi) is 5.85. The van der Waals surface area contributed by atoms with Gasteiger partial charge in [-0.3, -0.25) is 4.79 Å². The van der Waals surface area contributed by atoms with Crippen molar-refractivity contribution in [2.75, 3.05) is 19.0 Å². The van der Waals surface area contributed by atoms with Gasteiger partial charge in [0.2, 0.25) is 5.91 Å². The second-order valence-corrected chi connectivity index (χ2v) is 7.26. The van der Waals surface area contributed by atoms with Crippen LogP contribution in [0.3, 0.4) is 0 Å². The number of thiazole rings is 1. The number of amides is 1. The number of aromatic nitrogens is 2. The molecule has 2 aromatic heterocycles. The molecule has 0 fully saturated rings. The molecule has 26 heavy (non-hydrogen) atoms. The molecular formula is C19H19ClN4OS. The molecule has 3 rings (SSSR count). The number of rotatable bonds is 6. The molecule has 0 radical (unpaired) electrons. The van der Waals surface area contributed by atoms with E-state index in [0.29, 0.717) is 11.6 Å². The fraction of sp³-hybridized carbons (Fsp3) is 0.211. The van der Waals surface area contributed by atoms with Crippen LogP contribution in [0.4, 0.5) is 5.82 Å². The predicted molar refractivity (Wildman–Crippen MR) is 107 cm³/mol. The minimum Gasteiger partial charge on any atom is -0.363 e. The molecule has 0 atom stereocenters. The molecule has 1 N–H and O–H groups in total. The molecular weight excluding hydrogens is 368 g/mol. The van der Waals surface area contributed by atoms with Gasteiger partial charge >= 0.3 is 0 Å². The number of anilines is 1. The SMILES string of the molecule is CN(C)c1ccc(CNC(=O)Cc2csc(-c3ccccc3Cl)n2)cn1. The maximum absolute atomic E-state index is 12.2. The summed E-state index contributed by atoms with van der Waals surface area (Å²) in [5, 5.41) is 6.28. The maximum atomic E-state index is 12.2. The molecule has 0 bridgehead atoms. The summed E-state index contributed by atoms with van der Waals surface area (Å²) in [6, 6.07) is 11.5. The number of carbonyl (C=O) groups is 1. The summed E-state index contributed by atoms with van der Waals surface area (Å²) in [6.45, 7) is 0.445. The lowest BCUT2D eigenvalue weighted by atomic mass is 10.2. The lowest BCUT2D eigenvalue weighted by Crippen LogP contribution is -2.24. The summed E-state index contributed by atoms with van der Waals surface area (Å²) in [5.41, 5.74) is 2.58. The minimum atomic E-state index is -0.0716. The molecule has 0 spiro atoms. The van der Waals surface area contributed by atoms with Crippen LogP contribution in [0.5, 0.6) is 0 Å². The first-order chi connectivity index (χ1) is 12.5. The maximum Gasteiger partial charge on any atom is 0.226 e. The van der Waals surface area contributed by atoms with Gasteiger partial charge in [-0.2, -0.15) is 0 Å². The smallest absolute Gasteiger partial charge is 0.226 e. The van der Waals surface area contributed by atoms with Crippen molar-refractivity contribution in [2.45, 2.75) is 13.0 Å². The Morgan fingerprint density at radius 3 is 2.73 bits per heavy atom. The van der Waals surface area contributed by atoms with Crippen LogP contribution in [-0.2, 0) is 17.8 Å². The summed E-state index contributed by atoms with van der Waals surface area (Å²) in [4.78, 5) is 23.0. The summed E-state index contributed by atoms with van der Waals surface area (Å²) in [6.07, 6.45) is 2.01. The monoisotopic (exact) mass is 386 g/mol. The second-order valence-electron chi connectivity index (χ2n) is 6.00. The Bertz CT molecular complexity index is 893. The van der Waals surface area contributed by atoms with Gasteiger partial charge in [-0.15, -0.1) is 11.3 Å². The van der Waals surface area contributed by atoms with Gasteiger partial charge in [0.25, 0.3) is 0 Å². The topological polar surface area (TPSA) is 58.1 Å². The van der Waals surface area contributed by atoms with Gasteiger partial charge in [-0.1, -0.05) is 35.9 Å². The van der Waals surface area contributed by atoms with E-state index in [2.05, 4.69) is 15.3 Å². The number of hydrogen-bond donors (Lipinski definition) is 1. The van der Waals surface area contributed by atoms with Crippen molar-refractivity contribution in [2.24, 2.45) is 0 Å². The molecule has 0 aliphatic carbocycles. The zero-order valence-corrected chi connectivity index (χ0v) is 16.1. The van der Waals surface area contributed by atoms with E-state index in [1.807, 2.05) is 60.8 Å². The Morgan fingerprint density at radius 2 is 2.04 bits per heavy atom. The van der Waals surface area contributed by atoms with Crippen LogP contribution in [0.15, 0.2) is 48.0 Å². The fourth-order valence-electron chi connectivity index (χ4n) is 2.36.